The lowest BCUT2D eigenvalue weighted by atomic mass is 10.0. The first-order chi connectivity index (χ1) is 7.15. The van der Waals surface area contributed by atoms with Gasteiger partial charge in [-0.25, -0.2) is 0 Å². The molecule has 0 radical (unpaired) electrons. The van der Waals surface area contributed by atoms with Crippen LogP contribution in [0.15, 0.2) is 18.2 Å². The van der Waals surface area contributed by atoms with Crippen LogP contribution in [0.4, 0.5) is 0 Å². The van der Waals surface area contributed by atoms with Gasteiger partial charge in [-0.05, 0) is 42.5 Å². The SMILES string of the molecule is CCCC(O)Cc1cc(Cl)cc(CC)c1. The fourth-order valence-corrected chi connectivity index (χ4v) is 2.03. The summed E-state index contributed by atoms with van der Waals surface area (Å²) in [6, 6.07) is 6.06. The van der Waals surface area contributed by atoms with E-state index in [1.54, 1.807) is 0 Å². The Morgan fingerprint density at radius 2 is 1.87 bits per heavy atom. The van der Waals surface area contributed by atoms with E-state index in [2.05, 4.69) is 19.9 Å². The third-order valence-corrected chi connectivity index (χ3v) is 2.74. The van der Waals surface area contributed by atoms with E-state index < -0.39 is 0 Å². The van der Waals surface area contributed by atoms with Gasteiger partial charge in [-0.2, -0.15) is 0 Å². The maximum absolute atomic E-state index is 9.71. The van der Waals surface area contributed by atoms with E-state index in [9.17, 15) is 5.11 Å². The van der Waals surface area contributed by atoms with Gasteiger partial charge in [0.1, 0.15) is 0 Å². The summed E-state index contributed by atoms with van der Waals surface area (Å²) in [6.07, 6.45) is 3.33. The van der Waals surface area contributed by atoms with Crippen LogP contribution in [0.3, 0.4) is 0 Å². The molecule has 0 aliphatic rings. The fraction of sp³-hybridized carbons (Fsp3) is 0.538. The fourth-order valence-electron chi connectivity index (χ4n) is 1.75. The quantitative estimate of drug-likeness (QED) is 0.814. The Morgan fingerprint density at radius 1 is 1.20 bits per heavy atom. The molecule has 0 amide bonds. The molecule has 1 N–H and O–H groups in total. The van der Waals surface area contributed by atoms with Crippen molar-refractivity contribution < 1.29 is 5.11 Å². The maximum Gasteiger partial charge on any atom is 0.0580 e. The van der Waals surface area contributed by atoms with Gasteiger partial charge >= 0.3 is 0 Å². The summed E-state index contributed by atoms with van der Waals surface area (Å²) in [4.78, 5) is 0. The zero-order valence-electron chi connectivity index (χ0n) is 9.46. The van der Waals surface area contributed by atoms with E-state index in [1.165, 1.54) is 5.56 Å². The number of aliphatic hydroxyl groups is 1. The van der Waals surface area contributed by atoms with Crippen molar-refractivity contribution in [2.24, 2.45) is 0 Å². The molecule has 1 rings (SSSR count). The van der Waals surface area contributed by atoms with Gasteiger partial charge in [0.25, 0.3) is 0 Å². The molecule has 0 aliphatic heterocycles. The monoisotopic (exact) mass is 226 g/mol. The minimum atomic E-state index is -0.238. The maximum atomic E-state index is 9.71. The van der Waals surface area contributed by atoms with E-state index in [0.717, 1.165) is 29.8 Å². The van der Waals surface area contributed by atoms with Gasteiger partial charge in [-0.1, -0.05) is 37.9 Å². The van der Waals surface area contributed by atoms with E-state index in [-0.39, 0.29) is 6.10 Å². The summed E-state index contributed by atoms with van der Waals surface area (Å²) in [5, 5.41) is 10.5. The van der Waals surface area contributed by atoms with Crippen molar-refractivity contribution in [3.8, 4) is 0 Å². The molecule has 0 heterocycles. The predicted octanol–water partition coefficient (Wildman–Crippen LogP) is 3.61. The number of hydrogen-bond acceptors (Lipinski definition) is 1. The molecule has 1 nitrogen and oxygen atoms in total. The van der Waals surface area contributed by atoms with E-state index in [0.29, 0.717) is 6.42 Å². The summed E-state index contributed by atoms with van der Waals surface area (Å²) in [5.41, 5.74) is 2.38. The van der Waals surface area contributed by atoms with E-state index in [1.807, 2.05) is 12.1 Å². The van der Waals surface area contributed by atoms with Gasteiger partial charge in [-0.3, -0.25) is 0 Å². The number of aliphatic hydroxyl groups excluding tert-OH is 1. The molecule has 0 aliphatic carbocycles. The minimum Gasteiger partial charge on any atom is -0.393 e. The van der Waals surface area contributed by atoms with Crippen LogP contribution in [0.25, 0.3) is 0 Å². The van der Waals surface area contributed by atoms with Crippen molar-refractivity contribution in [3.63, 3.8) is 0 Å². The van der Waals surface area contributed by atoms with Crippen molar-refractivity contribution in [2.75, 3.05) is 0 Å². The predicted molar refractivity (Wildman–Crippen MR) is 65.4 cm³/mol. The van der Waals surface area contributed by atoms with Crippen LogP contribution in [-0.4, -0.2) is 11.2 Å². The molecule has 0 spiro atoms. The molecule has 1 unspecified atom stereocenters. The van der Waals surface area contributed by atoms with Crippen LogP contribution >= 0.6 is 11.6 Å². The summed E-state index contributed by atoms with van der Waals surface area (Å²) in [6.45, 7) is 4.19. The molecule has 0 aromatic heterocycles. The smallest absolute Gasteiger partial charge is 0.0580 e. The third-order valence-electron chi connectivity index (χ3n) is 2.52. The molecule has 0 fully saturated rings. The zero-order chi connectivity index (χ0) is 11.3. The average molecular weight is 227 g/mol. The number of benzene rings is 1. The number of hydrogen-bond donors (Lipinski definition) is 1. The van der Waals surface area contributed by atoms with Crippen LogP contribution in [0, 0.1) is 0 Å². The summed E-state index contributed by atoms with van der Waals surface area (Å²) in [7, 11) is 0. The lowest BCUT2D eigenvalue weighted by molar-refractivity contribution is 0.164. The van der Waals surface area contributed by atoms with Gasteiger partial charge in [0.15, 0.2) is 0 Å². The second kappa shape index (κ2) is 6.14. The summed E-state index contributed by atoms with van der Waals surface area (Å²) in [5.74, 6) is 0. The Balaban J connectivity index is 2.71. The minimum absolute atomic E-state index is 0.238. The zero-order valence-corrected chi connectivity index (χ0v) is 10.2. The molecule has 2 heteroatoms. The lowest BCUT2D eigenvalue weighted by Gasteiger charge is -2.10. The van der Waals surface area contributed by atoms with Crippen molar-refractivity contribution >= 4 is 11.6 Å². The standard InChI is InChI=1S/C13H19ClO/c1-3-5-13(15)9-11-6-10(4-2)7-12(14)8-11/h6-8,13,15H,3-5,9H2,1-2H3. The second-order valence-electron chi connectivity index (χ2n) is 3.97. The van der Waals surface area contributed by atoms with Gasteiger partial charge in [0.05, 0.1) is 6.10 Å². The van der Waals surface area contributed by atoms with Crippen LogP contribution < -0.4 is 0 Å². The van der Waals surface area contributed by atoms with Crippen LogP contribution in [0.1, 0.15) is 37.8 Å². The first-order valence-corrected chi connectivity index (χ1v) is 6.00. The first-order valence-electron chi connectivity index (χ1n) is 5.62. The highest BCUT2D eigenvalue weighted by Crippen LogP contribution is 2.17. The largest absolute Gasteiger partial charge is 0.393 e. The first kappa shape index (κ1) is 12.5. The van der Waals surface area contributed by atoms with Crippen LogP contribution in [0.2, 0.25) is 5.02 Å². The van der Waals surface area contributed by atoms with Crippen LogP contribution in [-0.2, 0) is 12.8 Å². The van der Waals surface area contributed by atoms with Gasteiger partial charge in [-0.15, -0.1) is 0 Å². The Kier molecular flexibility index (Phi) is 5.13. The number of aryl methyl sites for hydroxylation is 1. The highest BCUT2D eigenvalue weighted by molar-refractivity contribution is 6.30. The van der Waals surface area contributed by atoms with Gasteiger partial charge in [0.2, 0.25) is 0 Å². The Morgan fingerprint density at radius 3 is 2.47 bits per heavy atom. The molecule has 0 saturated carbocycles. The molecular weight excluding hydrogens is 208 g/mol. The Bertz CT molecular complexity index is 309. The van der Waals surface area contributed by atoms with E-state index in [4.69, 9.17) is 11.6 Å². The Hall–Kier alpha value is -0.530. The molecular formula is C13H19ClO. The molecule has 1 aromatic rings. The average Bonchev–Trinajstić information content (AvgIpc) is 2.17. The van der Waals surface area contributed by atoms with E-state index >= 15 is 0 Å². The topological polar surface area (TPSA) is 20.2 Å². The Labute approximate surface area is 97.1 Å². The second-order valence-corrected chi connectivity index (χ2v) is 4.40. The van der Waals surface area contributed by atoms with Gasteiger partial charge in [0, 0.05) is 5.02 Å². The number of halogens is 1. The lowest BCUT2D eigenvalue weighted by Crippen LogP contribution is -2.09. The number of rotatable bonds is 5. The van der Waals surface area contributed by atoms with Crippen molar-refractivity contribution in [2.45, 2.75) is 45.6 Å². The molecule has 1 aromatic carbocycles. The third kappa shape index (κ3) is 4.23. The molecule has 0 bridgehead atoms. The molecule has 84 valence electrons. The molecule has 0 saturated heterocycles. The normalized spacial score (nSPS) is 12.8. The van der Waals surface area contributed by atoms with Crippen LogP contribution in [0.5, 0.6) is 0 Å². The molecule has 15 heavy (non-hydrogen) atoms. The van der Waals surface area contributed by atoms with Crippen molar-refractivity contribution in [1.29, 1.82) is 0 Å². The summed E-state index contributed by atoms with van der Waals surface area (Å²) >= 11 is 6.01. The van der Waals surface area contributed by atoms with Crippen molar-refractivity contribution in [3.05, 3.63) is 34.3 Å². The highest BCUT2D eigenvalue weighted by atomic mass is 35.5. The van der Waals surface area contributed by atoms with Crippen molar-refractivity contribution in [1.82, 2.24) is 0 Å². The highest BCUT2D eigenvalue weighted by Gasteiger charge is 2.05. The molecule has 1 atom stereocenters. The summed E-state index contributed by atoms with van der Waals surface area (Å²) < 4.78 is 0. The van der Waals surface area contributed by atoms with Gasteiger partial charge < -0.3 is 5.11 Å².